The van der Waals surface area contributed by atoms with E-state index in [1.807, 2.05) is 0 Å². The second-order valence-electron chi connectivity index (χ2n) is 3.68. The average Bonchev–Trinajstić information content (AvgIpc) is 3.09. The first-order valence-corrected chi connectivity index (χ1v) is 4.95. The van der Waals surface area contributed by atoms with Crippen molar-refractivity contribution in [2.24, 2.45) is 11.8 Å². The molecule has 0 radical (unpaired) electrons. The molecule has 0 aliphatic heterocycles. The zero-order valence-corrected chi connectivity index (χ0v) is 8.55. The van der Waals surface area contributed by atoms with Gasteiger partial charge in [-0.25, -0.2) is 5.84 Å². The minimum Gasteiger partial charge on any atom is -0.472 e. The molecule has 0 spiro atoms. The molecule has 1 aromatic heterocycles. The molecular formula is C9H12N4O3. The third-order valence-corrected chi connectivity index (χ3v) is 2.34. The smallest absolute Gasteiger partial charge is 0.331 e. The predicted molar refractivity (Wildman–Crippen MR) is 56.9 cm³/mol. The summed E-state index contributed by atoms with van der Waals surface area (Å²) in [5.41, 5.74) is 2.18. The van der Waals surface area contributed by atoms with Gasteiger partial charge < -0.3 is 10.2 Å². The van der Waals surface area contributed by atoms with Crippen molar-refractivity contribution in [1.82, 2.24) is 4.98 Å². The molecule has 3 N–H and O–H groups in total. The standard InChI is InChI=1S/C9H12N4O3/c10-12-8-4-3-7(13(14)15)9(11-8)16-5-6-1-2-6/h3-4,6H,1-2,5,10H2,(H,11,12). The van der Waals surface area contributed by atoms with E-state index in [0.29, 0.717) is 18.3 Å². The van der Waals surface area contributed by atoms with Gasteiger partial charge in [0.15, 0.2) is 0 Å². The quantitative estimate of drug-likeness (QED) is 0.440. The number of nitrogens with two attached hydrogens (primary N) is 1. The molecular weight excluding hydrogens is 212 g/mol. The van der Waals surface area contributed by atoms with Crippen LogP contribution in [-0.4, -0.2) is 16.5 Å². The summed E-state index contributed by atoms with van der Waals surface area (Å²) >= 11 is 0. The highest BCUT2D eigenvalue weighted by Gasteiger charge is 2.25. The molecule has 1 saturated carbocycles. The van der Waals surface area contributed by atoms with E-state index in [4.69, 9.17) is 10.6 Å². The van der Waals surface area contributed by atoms with Crippen LogP contribution in [0.4, 0.5) is 11.5 Å². The van der Waals surface area contributed by atoms with Crippen molar-refractivity contribution in [3.63, 3.8) is 0 Å². The van der Waals surface area contributed by atoms with Crippen LogP contribution in [0.15, 0.2) is 12.1 Å². The van der Waals surface area contributed by atoms with E-state index in [2.05, 4.69) is 10.4 Å². The number of nitrogens with zero attached hydrogens (tertiary/aromatic N) is 2. The second-order valence-corrected chi connectivity index (χ2v) is 3.68. The largest absolute Gasteiger partial charge is 0.472 e. The van der Waals surface area contributed by atoms with E-state index in [0.717, 1.165) is 12.8 Å². The van der Waals surface area contributed by atoms with Gasteiger partial charge in [-0.3, -0.25) is 10.1 Å². The maximum atomic E-state index is 10.7. The van der Waals surface area contributed by atoms with Crippen LogP contribution in [0.25, 0.3) is 0 Å². The number of nitrogen functional groups attached to an aromatic ring is 1. The van der Waals surface area contributed by atoms with Crippen molar-refractivity contribution >= 4 is 11.5 Å². The van der Waals surface area contributed by atoms with Gasteiger partial charge in [-0.05, 0) is 24.8 Å². The van der Waals surface area contributed by atoms with Crippen LogP contribution in [0.3, 0.4) is 0 Å². The Bertz CT molecular complexity index is 406. The third kappa shape index (κ3) is 2.37. The van der Waals surface area contributed by atoms with Crippen molar-refractivity contribution in [3.8, 4) is 5.88 Å². The molecule has 1 aliphatic carbocycles. The van der Waals surface area contributed by atoms with Gasteiger partial charge in [0.05, 0.1) is 11.5 Å². The lowest BCUT2D eigenvalue weighted by Gasteiger charge is -2.06. The van der Waals surface area contributed by atoms with Gasteiger partial charge in [-0.15, -0.1) is 0 Å². The van der Waals surface area contributed by atoms with E-state index < -0.39 is 4.92 Å². The second kappa shape index (κ2) is 4.31. The molecule has 0 bridgehead atoms. The summed E-state index contributed by atoms with van der Waals surface area (Å²) in [4.78, 5) is 14.1. The zero-order chi connectivity index (χ0) is 11.5. The first-order valence-electron chi connectivity index (χ1n) is 4.95. The topological polar surface area (TPSA) is 103 Å². The molecule has 86 valence electrons. The van der Waals surface area contributed by atoms with E-state index in [1.54, 1.807) is 0 Å². The molecule has 0 unspecified atom stereocenters. The van der Waals surface area contributed by atoms with Crippen molar-refractivity contribution in [2.75, 3.05) is 12.0 Å². The Labute approximate surface area is 91.7 Å². The lowest BCUT2D eigenvalue weighted by Crippen LogP contribution is -2.10. The molecule has 0 atom stereocenters. The van der Waals surface area contributed by atoms with Gasteiger partial charge in [0.1, 0.15) is 5.82 Å². The number of anilines is 1. The molecule has 2 rings (SSSR count). The lowest BCUT2D eigenvalue weighted by atomic mass is 10.4. The fraction of sp³-hybridized carbons (Fsp3) is 0.444. The molecule has 7 nitrogen and oxygen atoms in total. The number of rotatable bonds is 5. The first kappa shape index (κ1) is 10.6. The summed E-state index contributed by atoms with van der Waals surface area (Å²) in [5.74, 6) is 6.05. The Morgan fingerprint density at radius 2 is 2.38 bits per heavy atom. The summed E-state index contributed by atoms with van der Waals surface area (Å²) in [5, 5.41) is 10.7. The first-order chi connectivity index (χ1) is 7.70. The van der Waals surface area contributed by atoms with Gasteiger partial charge in [0.2, 0.25) is 0 Å². The van der Waals surface area contributed by atoms with E-state index in [1.165, 1.54) is 12.1 Å². The average molecular weight is 224 g/mol. The maximum Gasteiger partial charge on any atom is 0.331 e. The number of hydrogen-bond donors (Lipinski definition) is 2. The highest BCUT2D eigenvalue weighted by molar-refractivity contribution is 5.48. The van der Waals surface area contributed by atoms with Crippen LogP contribution in [0.1, 0.15) is 12.8 Å². The summed E-state index contributed by atoms with van der Waals surface area (Å²) in [6.45, 7) is 0.474. The minimum absolute atomic E-state index is 0.0207. The number of hydrogen-bond acceptors (Lipinski definition) is 6. The van der Waals surface area contributed by atoms with E-state index in [9.17, 15) is 10.1 Å². The Morgan fingerprint density at radius 3 is 2.94 bits per heavy atom. The SMILES string of the molecule is NNc1ccc([N+](=O)[O-])c(OCC2CC2)n1. The summed E-state index contributed by atoms with van der Waals surface area (Å²) < 4.78 is 5.32. The highest BCUT2D eigenvalue weighted by atomic mass is 16.6. The van der Waals surface area contributed by atoms with Crippen molar-refractivity contribution < 1.29 is 9.66 Å². The molecule has 1 aliphatic rings. The van der Waals surface area contributed by atoms with Crippen LogP contribution < -0.4 is 16.0 Å². The van der Waals surface area contributed by atoms with Crippen molar-refractivity contribution in [3.05, 3.63) is 22.2 Å². The number of pyridine rings is 1. The molecule has 1 heterocycles. The van der Waals surface area contributed by atoms with Crippen LogP contribution in [0.2, 0.25) is 0 Å². The van der Waals surface area contributed by atoms with Crippen molar-refractivity contribution in [1.29, 1.82) is 0 Å². The number of aromatic nitrogens is 1. The normalized spacial score (nSPS) is 14.6. The summed E-state index contributed by atoms with van der Waals surface area (Å²) in [6, 6.07) is 2.76. The Hall–Kier alpha value is -1.89. The van der Waals surface area contributed by atoms with Crippen LogP contribution in [0, 0.1) is 16.0 Å². The highest BCUT2D eigenvalue weighted by Crippen LogP contribution is 2.32. The number of nitrogens with one attached hydrogen (secondary N) is 1. The number of hydrazine groups is 1. The van der Waals surface area contributed by atoms with Gasteiger partial charge in [-0.1, -0.05) is 0 Å². The van der Waals surface area contributed by atoms with E-state index >= 15 is 0 Å². The molecule has 16 heavy (non-hydrogen) atoms. The van der Waals surface area contributed by atoms with Crippen molar-refractivity contribution in [2.45, 2.75) is 12.8 Å². The lowest BCUT2D eigenvalue weighted by molar-refractivity contribution is -0.386. The van der Waals surface area contributed by atoms with Gasteiger partial charge >= 0.3 is 5.69 Å². The molecule has 0 saturated heterocycles. The minimum atomic E-state index is -0.518. The number of nitro groups is 1. The number of ether oxygens (including phenoxy) is 1. The molecule has 0 amide bonds. The fourth-order valence-electron chi connectivity index (χ4n) is 1.24. The van der Waals surface area contributed by atoms with Gasteiger partial charge in [0.25, 0.3) is 5.88 Å². The van der Waals surface area contributed by atoms with Gasteiger partial charge in [0, 0.05) is 6.07 Å². The Balaban J connectivity index is 2.18. The van der Waals surface area contributed by atoms with E-state index in [-0.39, 0.29) is 11.6 Å². The van der Waals surface area contributed by atoms with Gasteiger partial charge in [-0.2, -0.15) is 4.98 Å². The fourth-order valence-corrected chi connectivity index (χ4v) is 1.24. The van der Waals surface area contributed by atoms with Crippen LogP contribution >= 0.6 is 0 Å². The third-order valence-electron chi connectivity index (χ3n) is 2.34. The zero-order valence-electron chi connectivity index (χ0n) is 8.55. The monoisotopic (exact) mass is 224 g/mol. The van der Waals surface area contributed by atoms with Crippen LogP contribution in [0.5, 0.6) is 5.88 Å². The molecule has 1 aromatic rings. The maximum absolute atomic E-state index is 10.7. The molecule has 0 aromatic carbocycles. The van der Waals surface area contributed by atoms with Crippen LogP contribution in [-0.2, 0) is 0 Å². The molecule has 7 heteroatoms. The molecule has 1 fully saturated rings. The Kier molecular flexibility index (Phi) is 2.86. The summed E-state index contributed by atoms with van der Waals surface area (Å²) in [7, 11) is 0. The Morgan fingerprint density at radius 1 is 1.62 bits per heavy atom. The summed E-state index contributed by atoms with van der Waals surface area (Å²) in [6.07, 6.45) is 2.23. The predicted octanol–water partition coefficient (Wildman–Crippen LogP) is 1.06.